The van der Waals surface area contributed by atoms with Gasteiger partial charge in [0.1, 0.15) is 5.75 Å². The quantitative estimate of drug-likeness (QED) is 0.733. The van der Waals surface area contributed by atoms with E-state index >= 15 is 0 Å². The molecule has 0 unspecified atom stereocenters. The van der Waals surface area contributed by atoms with Crippen LogP contribution in [0.1, 0.15) is 17.5 Å². The third-order valence-corrected chi connectivity index (χ3v) is 2.71. The average Bonchev–Trinajstić information content (AvgIpc) is 2.28. The fourth-order valence-corrected chi connectivity index (χ4v) is 1.79. The number of aryl methyl sites for hydroxylation is 1. The Kier molecular flexibility index (Phi) is 6.01. The van der Waals surface area contributed by atoms with Crippen LogP contribution in [-0.4, -0.2) is 39.2 Å². The van der Waals surface area contributed by atoms with E-state index in [-0.39, 0.29) is 0 Å². The van der Waals surface area contributed by atoms with Gasteiger partial charge in [-0.3, -0.25) is 0 Å². The van der Waals surface area contributed by atoms with Crippen LogP contribution in [0.25, 0.3) is 0 Å². The van der Waals surface area contributed by atoms with Gasteiger partial charge in [0, 0.05) is 12.1 Å². The molecule has 1 N–H and O–H groups in total. The van der Waals surface area contributed by atoms with Crippen molar-refractivity contribution in [2.75, 3.05) is 34.3 Å². The topological polar surface area (TPSA) is 24.5 Å². The molecule has 0 amide bonds. The lowest BCUT2D eigenvalue weighted by molar-refractivity contribution is 0.391. The van der Waals surface area contributed by atoms with Crippen LogP contribution in [0, 0.1) is 6.92 Å². The van der Waals surface area contributed by atoms with E-state index < -0.39 is 0 Å². The van der Waals surface area contributed by atoms with Gasteiger partial charge in [0.05, 0.1) is 7.11 Å². The van der Waals surface area contributed by atoms with E-state index in [2.05, 4.69) is 43.4 Å². The van der Waals surface area contributed by atoms with Crippen molar-refractivity contribution in [3.63, 3.8) is 0 Å². The summed E-state index contributed by atoms with van der Waals surface area (Å²) in [5.41, 5.74) is 2.51. The molecule has 0 aromatic heterocycles. The first-order valence-corrected chi connectivity index (χ1v) is 6.12. The zero-order chi connectivity index (χ0) is 12.7. The molecule has 0 saturated carbocycles. The second-order valence-electron chi connectivity index (χ2n) is 4.65. The lowest BCUT2D eigenvalue weighted by Crippen LogP contribution is -2.21. The molecule has 0 fully saturated rings. The summed E-state index contributed by atoms with van der Waals surface area (Å²) in [5.74, 6) is 0.968. The molecule has 0 heterocycles. The molecule has 0 atom stereocenters. The molecule has 0 aliphatic carbocycles. The third-order valence-electron chi connectivity index (χ3n) is 2.71. The lowest BCUT2D eigenvalue weighted by atomic mass is 10.1. The maximum atomic E-state index is 5.35. The first-order valence-electron chi connectivity index (χ1n) is 6.12. The van der Waals surface area contributed by atoms with E-state index in [1.54, 1.807) is 7.11 Å². The Balaban J connectivity index is 2.37. The molecule has 96 valence electrons. The molecule has 0 radical (unpaired) electrons. The van der Waals surface area contributed by atoms with E-state index in [0.29, 0.717) is 0 Å². The molecule has 0 saturated heterocycles. The van der Waals surface area contributed by atoms with Gasteiger partial charge in [-0.1, -0.05) is 17.7 Å². The number of rotatable bonds is 7. The van der Waals surface area contributed by atoms with Crippen molar-refractivity contribution in [2.45, 2.75) is 19.9 Å². The SMILES string of the molecule is COc1ccc(C)cc1CNCCCN(C)C. The highest BCUT2D eigenvalue weighted by molar-refractivity contribution is 5.36. The molecular weight excluding hydrogens is 212 g/mol. The summed E-state index contributed by atoms with van der Waals surface area (Å²) in [4.78, 5) is 2.20. The Hall–Kier alpha value is -1.06. The molecule has 0 aliphatic rings. The van der Waals surface area contributed by atoms with Crippen molar-refractivity contribution < 1.29 is 4.74 Å². The summed E-state index contributed by atoms with van der Waals surface area (Å²) in [6.07, 6.45) is 1.17. The zero-order valence-electron chi connectivity index (χ0n) is 11.4. The number of hydrogen-bond donors (Lipinski definition) is 1. The first-order chi connectivity index (χ1) is 8.13. The van der Waals surface area contributed by atoms with Crippen molar-refractivity contribution in [2.24, 2.45) is 0 Å². The minimum atomic E-state index is 0.873. The van der Waals surface area contributed by atoms with Gasteiger partial charge in [0.15, 0.2) is 0 Å². The minimum absolute atomic E-state index is 0.873. The monoisotopic (exact) mass is 236 g/mol. The third kappa shape index (κ3) is 5.20. The van der Waals surface area contributed by atoms with Gasteiger partial charge in [-0.2, -0.15) is 0 Å². The van der Waals surface area contributed by atoms with Crippen LogP contribution < -0.4 is 10.1 Å². The predicted molar refractivity (Wildman–Crippen MR) is 72.6 cm³/mol. The number of nitrogens with zero attached hydrogens (tertiary/aromatic N) is 1. The molecule has 1 aromatic rings. The summed E-state index contributed by atoms with van der Waals surface area (Å²) in [7, 11) is 5.92. The summed E-state index contributed by atoms with van der Waals surface area (Å²) in [5, 5.41) is 3.45. The Labute approximate surface area is 105 Å². The smallest absolute Gasteiger partial charge is 0.123 e. The second kappa shape index (κ2) is 7.30. The number of ether oxygens (including phenoxy) is 1. The Morgan fingerprint density at radius 1 is 1.29 bits per heavy atom. The highest BCUT2D eigenvalue weighted by atomic mass is 16.5. The molecule has 0 aliphatic heterocycles. The van der Waals surface area contributed by atoms with Crippen molar-refractivity contribution in [3.8, 4) is 5.75 Å². The normalized spacial score (nSPS) is 10.9. The Morgan fingerprint density at radius 2 is 2.06 bits per heavy atom. The summed E-state index contributed by atoms with van der Waals surface area (Å²) in [6.45, 7) is 5.14. The standard InChI is InChI=1S/C14H24N2O/c1-12-6-7-14(17-4)13(10-12)11-15-8-5-9-16(2)3/h6-7,10,15H,5,8-9,11H2,1-4H3. The van der Waals surface area contributed by atoms with Crippen LogP contribution >= 0.6 is 0 Å². The van der Waals surface area contributed by atoms with Crippen molar-refractivity contribution in [1.82, 2.24) is 10.2 Å². The molecule has 3 heteroatoms. The fraction of sp³-hybridized carbons (Fsp3) is 0.571. The summed E-state index contributed by atoms with van der Waals surface area (Å²) >= 11 is 0. The lowest BCUT2D eigenvalue weighted by Gasteiger charge is -2.12. The molecule has 0 spiro atoms. The summed E-state index contributed by atoms with van der Waals surface area (Å²) < 4.78 is 5.35. The van der Waals surface area contributed by atoms with E-state index in [4.69, 9.17) is 4.74 Å². The Morgan fingerprint density at radius 3 is 2.71 bits per heavy atom. The largest absolute Gasteiger partial charge is 0.496 e. The van der Waals surface area contributed by atoms with E-state index in [9.17, 15) is 0 Å². The first kappa shape index (κ1) is 14.0. The van der Waals surface area contributed by atoms with E-state index in [1.165, 1.54) is 17.5 Å². The molecule has 1 aromatic carbocycles. The molecular formula is C14H24N2O. The van der Waals surface area contributed by atoms with Gasteiger partial charge in [-0.15, -0.1) is 0 Å². The van der Waals surface area contributed by atoms with E-state index in [0.717, 1.165) is 25.4 Å². The van der Waals surface area contributed by atoms with Crippen LogP contribution in [-0.2, 0) is 6.54 Å². The fourth-order valence-electron chi connectivity index (χ4n) is 1.79. The van der Waals surface area contributed by atoms with Gasteiger partial charge in [-0.25, -0.2) is 0 Å². The number of hydrogen-bond acceptors (Lipinski definition) is 3. The number of nitrogens with one attached hydrogen (secondary N) is 1. The van der Waals surface area contributed by atoms with Gasteiger partial charge in [-0.05, 0) is 46.6 Å². The number of methoxy groups -OCH3 is 1. The van der Waals surface area contributed by atoms with Gasteiger partial charge in [0.2, 0.25) is 0 Å². The van der Waals surface area contributed by atoms with E-state index in [1.807, 2.05) is 6.07 Å². The average molecular weight is 236 g/mol. The molecule has 0 bridgehead atoms. The van der Waals surface area contributed by atoms with Crippen LogP contribution in [0.5, 0.6) is 5.75 Å². The molecule has 17 heavy (non-hydrogen) atoms. The van der Waals surface area contributed by atoms with Crippen LogP contribution in [0.15, 0.2) is 18.2 Å². The van der Waals surface area contributed by atoms with Gasteiger partial charge >= 0.3 is 0 Å². The summed E-state index contributed by atoms with van der Waals surface area (Å²) in [6, 6.07) is 6.29. The number of benzene rings is 1. The molecule has 3 nitrogen and oxygen atoms in total. The van der Waals surface area contributed by atoms with Crippen molar-refractivity contribution in [3.05, 3.63) is 29.3 Å². The van der Waals surface area contributed by atoms with Gasteiger partial charge < -0.3 is 15.0 Å². The Bertz CT molecular complexity index is 337. The highest BCUT2D eigenvalue weighted by Gasteiger charge is 2.02. The van der Waals surface area contributed by atoms with Crippen LogP contribution in [0.4, 0.5) is 0 Å². The zero-order valence-corrected chi connectivity index (χ0v) is 11.4. The van der Waals surface area contributed by atoms with Crippen molar-refractivity contribution in [1.29, 1.82) is 0 Å². The van der Waals surface area contributed by atoms with Crippen LogP contribution in [0.2, 0.25) is 0 Å². The molecule has 1 rings (SSSR count). The van der Waals surface area contributed by atoms with Gasteiger partial charge in [0.25, 0.3) is 0 Å². The predicted octanol–water partition coefficient (Wildman–Crippen LogP) is 2.04. The minimum Gasteiger partial charge on any atom is -0.496 e. The highest BCUT2D eigenvalue weighted by Crippen LogP contribution is 2.19. The second-order valence-corrected chi connectivity index (χ2v) is 4.65. The van der Waals surface area contributed by atoms with Crippen molar-refractivity contribution >= 4 is 0 Å². The maximum Gasteiger partial charge on any atom is 0.123 e. The van der Waals surface area contributed by atoms with Crippen LogP contribution in [0.3, 0.4) is 0 Å². The maximum absolute atomic E-state index is 5.35.